The van der Waals surface area contributed by atoms with Crippen LogP contribution in [0.25, 0.3) is 0 Å². The minimum atomic E-state index is 0.629. The fourth-order valence-electron chi connectivity index (χ4n) is 2.22. The molecule has 2 rings (SSSR count). The minimum absolute atomic E-state index is 0.629. The Morgan fingerprint density at radius 3 is 2.41 bits per heavy atom. The van der Waals surface area contributed by atoms with E-state index in [2.05, 4.69) is 23.5 Å². The van der Waals surface area contributed by atoms with Gasteiger partial charge in [-0.25, -0.2) is 0 Å². The largest absolute Gasteiger partial charge is 0.493 e. The zero-order chi connectivity index (χ0) is 15.8. The molecule has 0 aromatic heterocycles. The summed E-state index contributed by atoms with van der Waals surface area (Å²) in [6.45, 7) is 4.32. The van der Waals surface area contributed by atoms with E-state index in [1.807, 2.05) is 31.2 Å². The first kappa shape index (κ1) is 16.7. The van der Waals surface area contributed by atoms with Gasteiger partial charge in [0, 0.05) is 11.6 Å². The zero-order valence-corrected chi connectivity index (χ0v) is 13.8. The highest BCUT2D eigenvalue weighted by molar-refractivity contribution is 6.30. The maximum absolute atomic E-state index is 5.88. The lowest BCUT2D eigenvalue weighted by Crippen LogP contribution is -2.16. The number of ether oxygens (including phenoxy) is 2. The van der Waals surface area contributed by atoms with E-state index in [1.54, 1.807) is 7.11 Å². The van der Waals surface area contributed by atoms with Crippen molar-refractivity contribution < 1.29 is 9.47 Å². The summed E-state index contributed by atoms with van der Waals surface area (Å²) < 4.78 is 10.9. The van der Waals surface area contributed by atoms with E-state index in [4.69, 9.17) is 21.1 Å². The standard InChI is InChI=1S/C18H22ClNO2/c1-3-22-18-12-15(6-9-17(18)21-2)13-20-11-10-14-4-7-16(19)8-5-14/h4-9,12,20H,3,10-11,13H2,1-2H3. The summed E-state index contributed by atoms with van der Waals surface area (Å²) in [6.07, 6.45) is 0.978. The third-order valence-corrected chi connectivity index (χ3v) is 3.61. The van der Waals surface area contributed by atoms with Crippen molar-refractivity contribution in [2.24, 2.45) is 0 Å². The number of methoxy groups -OCH3 is 1. The van der Waals surface area contributed by atoms with Crippen molar-refractivity contribution in [2.45, 2.75) is 19.9 Å². The molecular formula is C18H22ClNO2. The number of nitrogens with one attached hydrogen (secondary N) is 1. The molecule has 2 aromatic carbocycles. The van der Waals surface area contributed by atoms with Crippen LogP contribution in [0.3, 0.4) is 0 Å². The van der Waals surface area contributed by atoms with Gasteiger partial charge in [-0.05, 0) is 55.3 Å². The minimum Gasteiger partial charge on any atom is -0.493 e. The van der Waals surface area contributed by atoms with Crippen LogP contribution in [0.1, 0.15) is 18.1 Å². The molecule has 1 N–H and O–H groups in total. The molecule has 0 amide bonds. The SMILES string of the molecule is CCOc1cc(CNCCc2ccc(Cl)cc2)ccc1OC. The molecule has 0 radical (unpaired) electrons. The Morgan fingerprint density at radius 1 is 1.00 bits per heavy atom. The fourth-order valence-corrected chi connectivity index (χ4v) is 2.34. The van der Waals surface area contributed by atoms with Gasteiger partial charge in [-0.3, -0.25) is 0 Å². The maximum atomic E-state index is 5.88. The Hall–Kier alpha value is -1.71. The molecule has 4 heteroatoms. The summed E-state index contributed by atoms with van der Waals surface area (Å²) in [6, 6.07) is 14.0. The number of hydrogen-bond acceptors (Lipinski definition) is 3. The molecule has 0 fully saturated rings. The normalized spacial score (nSPS) is 10.5. The van der Waals surface area contributed by atoms with Crippen molar-refractivity contribution in [1.29, 1.82) is 0 Å². The smallest absolute Gasteiger partial charge is 0.161 e. The lowest BCUT2D eigenvalue weighted by atomic mass is 10.1. The quantitative estimate of drug-likeness (QED) is 0.744. The summed E-state index contributed by atoms with van der Waals surface area (Å²) >= 11 is 5.88. The molecule has 0 unspecified atom stereocenters. The predicted octanol–water partition coefficient (Wildman–Crippen LogP) is 4.08. The van der Waals surface area contributed by atoms with Gasteiger partial charge in [0.1, 0.15) is 0 Å². The molecular weight excluding hydrogens is 298 g/mol. The molecule has 118 valence electrons. The topological polar surface area (TPSA) is 30.5 Å². The Bertz CT molecular complexity index is 584. The van der Waals surface area contributed by atoms with Gasteiger partial charge in [-0.15, -0.1) is 0 Å². The van der Waals surface area contributed by atoms with Gasteiger partial charge in [-0.1, -0.05) is 29.8 Å². The first-order valence-electron chi connectivity index (χ1n) is 7.47. The monoisotopic (exact) mass is 319 g/mol. The van der Waals surface area contributed by atoms with Crippen molar-refractivity contribution in [3.8, 4) is 11.5 Å². The van der Waals surface area contributed by atoms with E-state index in [0.29, 0.717) is 6.61 Å². The maximum Gasteiger partial charge on any atom is 0.161 e. The first-order chi connectivity index (χ1) is 10.7. The molecule has 0 heterocycles. The van der Waals surface area contributed by atoms with Crippen LogP contribution in [-0.2, 0) is 13.0 Å². The Labute approximate surface area is 137 Å². The lowest BCUT2D eigenvalue weighted by Gasteiger charge is -2.11. The first-order valence-corrected chi connectivity index (χ1v) is 7.85. The van der Waals surface area contributed by atoms with Crippen molar-refractivity contribution in [1.82, 2.24) is 5.32 Å². The Morgan fingerprint density at radius 2 is 1.73 bits per heavy atom. The van der Waals surface area contributed by atoms with Crippen molar-refractivity contribution in [3.63, 3.8) is 0 Å². The summed E-state index contributed by atoms with van der Waals surface area (Å²) in [5, 5.41) is 4.22. The van der Waals surface area contributed by atoms with Gasteiger partial charge in [-0.2, -0.15) is 0 Å². The van der Waals surface area contributed by atoms with E-state index in [9.17, 15) is 0 Å². The zero-order valence-electron chi connectivity index (χ0n) is 13.1. The Kier molecular flexibility index (Phi) is 6.56. The van der Waals surface area contributed by atoms with Crippen LogP contribution in [0.5, 0.6) is 11.5 Å². The van der Waals surface area contributed by atoms with Crippen LogP contribution in [0.4, 0.5) is 0 Å². The Balaban J connectivity index is 1.83. The van der Waals surface area contributed by atoms with Gasteiger partial charge >= 0.3 is 0 Å². The number of halogens is 1. The van der Waals surface area contributed by atoms with Gasteiger partial charge in [0.25, 0.3) is 0 Å². The molecule has 22 heavy (non-hydrogen) atoms. The molecule has 0 atom stereocenters. The number of benzene rings is 2. The van der Waals surface area contributed by atoms with E-state index in [1.165, 1.54) is 11.1 Å². The molecule has 0 saturated heterocycles. The van der Waals surface area contributed by atoms with Crippen molar-refractivity contribution in [3.05, 3.63) is 58.6 Å². The fraction of sp³-hybridized carbons (Fsp3) is 0.333. The summed E-state index contributed by atoms with van der Waals surface area (Å²) in [5.74, 6) is 1.56. The highest BCUT2D eigenvalue weighted by Crippen LogP contribution is 2.27. The summed E-state index contributed by atoms with van der Waals surface area (Å²) in [7, 11) is 1.65. The summed E-state index contributed by atoms with van der Waals surface area (Å²) in [5.41, 5.74) is 2.46. The molecule has 3 nitrogen and oxygen atoms in total. The molecule has 0 bridgehead atoms. The van der Waals surface area contributed by atoms with Crippen LogP contribution in [-0.4, -0.2) is 20.3 Å². The third kappa shape index (κ3) is 4.93. The van der Waals surface area contributed by atoms with Crippen LogP contribution < -0.4 is 14.8 Å². The third-order valence-electron chi connectivity index (χ3n) is 3.36. The molecule has 0 spiro atoms. The van der Waals surface area contributed by atoms with Gasteiger partial charge in [0.2, 0.25) is 0 Å². The highest BCUT2D eigenvalue weighted by Gasteiger charge is 2.05. The second kappa shape index (κ2) is 8.66. The molecule has 0 aliphatic carbocycles. The highest BCUT2D eigenvalue weighted by atomic mass is 35.5. The number of rotatable bonds is 8. The van der Waals surface area contributed by atoms with E-state index in [0.717, 1.165) is 36.0 Å². The molecule has 2 aromatic rings. The molecule has 0 aliphatic rings. The second-order valence-electron chi connectivity index (χ2n) is 4.97. The van der Waals surface area contributed by atoms with Crippen molar-refractivity contribution in [2.75, 3.05) is 20.3 Å². The second-order valence-corrected chi connectivity index (χ2v) is 5.41. The average Bonchev–Trinajstić information content (AvgIpc) is 2.54. The molecule has 0 aliphatic heterocycles. The van der Waals surface area contributed by atoms with E-state index < -0.39 is 0 Å². The van der Waals surface area contributed by atoms with Gasteiger partial charge < -0.3 is 14.8 Å². The van der Waals surface area contributed by atoms with Crippen LogP contribution in [0.15, 0.2) is 42.5 Å². The van der Waals surface area contributed by atoms with Crippen LogP contribution in [0.2, 0.25) is 5.02 Å². The van der Waals surface area contributed by atoms with Crippen LogP contribution >= 0.6 is 11.6 Å². The van der Waals surface area contributed by atoms with E-state index >= 15 is 0 Å². The van der Waals surface area contributed by atoms with Gasteiger partial charge in [0.15, 0.2) is 11.5 Å². The predicted molar refractivity (Wildman–Crippen MR) is 91.0 cm³/mol. The summed E-state index contributed by atoms with van der Waals surface area (Å²) in [4.78, 5) is 0. The number of hydrogen-bond donors (Lipinski definition) is 1. The van der Waals surface area contributed by atoms with Gasteiger partial charge in [0.05, 0.1) is 13.7 Å². The average molecular weight is 320 g/mol. The van der Waals surface area contributed by atoms with Crippen molar-refractivity contribution >= 4 is 11.6 Å². The molecule has 0 saturated carbocycles. The van der Waals surface area contributed by atoms with E-state index in [-0.39, 0.29) is 0 Å². The lowest BCUT2D eigenvalue weighted by molar-refractivity contribution is 0.310. The van der Waals surface area contributed by atoms with Crippen LogP contribution in [0, 0.1) is 0 Å².